The van der Waals surface area contributed by atoms with E-state index in [1.807, 2.05) is 22.8 Å². The number of fused-ring (bicyclic) bond motifs is 3. The molecule has 0 bridgehead atoms. The van der Waals surface area contributed by atoms with Crippen molar-refractivity contribution in [2.75, 3.05) is 0 Å². The van der Waals surface area contributed by atoms with Gasteiger partial charge in [-0.25, -0.2) is 0 Å². The third-order valence-electron chi connectivity index (χ3n) is 5.43. The number of hydrogen-bond donors (Lipinski definition) is 2. The van der Waals surface area contributed by atoms with E-state index >= 15 is 0 Å². The lowest BCUT2D eigenvalue weighted by Gasteiger charge is -2.15. The van der Waals surface area contributed by atoms with Crippen molar-refractivity contribution in [2.45, 2.75) is 32.2 Å². The second kappa shape index (κ2) is 7.04. The van der Waals surface area contributed by atoms with Crippen molar-refractivity contribution < 1.29 is 10.2 Å². The Morgan fingerprint density at radius 2 is 1.76 bits per heavy atom. The first kappa shape index (κ1) is 17.9. The second-order valence-corrected chi connectivity index (χ2v) is 8.52. The summed E-state index contributed by atoms with van der Waals surface area (Å²) in [6, 6.07) is 13.9. The Bertz CT molecular complexity index is 1290. The molecular weight excluding hydrogens is 384 g/mol. The molecule has 0 amide bonds. The fourth-order valence-corrected chi connectivity index (χ4v) is 5.50. The van der Waals surface area contributed by atoms with Crippen molar-refractivity contribution in [3.8, 4) is 22.9 Å². The normalized spacial score (nSPS) is 13.5. The molecule has 146 valence electrons. The molecule has 0 aliphatic heterocycles. The summed E-state index contributed by atoms with van der Waals surface area (Å²) >= 11 is 1.67. The molecule has 5 nitrogen and oxygen atoms in total. The van der Waals surface area contributed by atoms with Crippen LogP contribution in [0.15, 0.2) is 53.3 Å². The summed E-state index contributed by atoms with van der Waals surface area (Å²) in [6.45, 7) is 0.475. The molecule has 29 heavy (non-hydrogen) atoms. The van der Waals surface area contributed by atoms with Crippen LogP contribution < -0.4 is 5.56 Å². The number of rotatable bonds is 3. The van der Waals surface area contributed by atoms with Gasteiger partial charge < -0.3 is 14.8 Å². The van der Waals surface area contributed by atoms with Crippen molar-refractivity contribution in [3.05, 3.63) is 74.9 Å². The molecule has 6 heteroatoms. The topological polar surface area (TPSA) is 75.3 Å². The maximum atomic E-state index is 13.0. The summed E-state index contributed by atoms with van der Waals surface area (Å²) in [5.74, 6) is 0.865. The lowest BCUT2D eigenvalue weighted by Crippen LogP contribution is -2.17. The van der Waals surface area contributed by atoms with Gasteiger partial charge in [-0.3, -0.25) is 4.79 Å². The molecule has 0 fully saturated rings. The van der Waals surface area contributed by atoms with E-state index in [0.29, 0.717) is 17.9 Å². The lowest BCUT2D eigenvalue weighted by atomic mass is 9.97. The molecule has 0 radical (unpaired) electrons. The van der Waals surface area contributed by atoms with Gasteiger partial charge in [0.05, 0.1) is 11.9 Å². The number of thiophene rings is 1. The van der Waals surface area contributed by atoms with Crippen LogP contribution in [0.2, 0.25) is 0 Å². The fraction of sp³-hybridized carbons (Fsp3) is 0.217. The molecule has 0 unspecified atom stereocenters. The maximum absolute atomic E-state index is 13.0. The summed E-state index contributed by atoms with van der Waals surface area (Å²) in [5, 5.41) is 20.6. The van der Waals surface area contributed by atoms with Crippen molar-refractivity contribution in [3.63, 3.8) is 0 Å². The highest BCUT2D eigenvalue weighted by molar-refractivity contribution is 7.18. The Hall–Kier alpha value is -3.12. The smallest absolute Gasteiger partial charge is 0.282 e. The van der Waals surface area contributed by atoms with E-state index in [-0.39, 0.29) is 17.1 Å². The molecule has 5 rings (SSSR count). The van der Waals surface area contributed by atoms with Crippen LogP contribution >= 0.6 is 11.3 Å². The van der Waals surface area contributed by atoms with Gasteiger partial charge >= 0.3 is 0 Å². The first-order valence-corrected chi connectivity index (χ1v) is 10.5. The molecule has 0 saturated heterocycles. The van der Waals surface area contributed by atoms with E-state index in [1.54, 1.807) is 41.7 Å². The molecule has 0 spiro atoms. The first-order valence-electron chi connectivity index (χ1n) is 9.72. The molecule has 1 aliphatic carbocycles. The van der Waals surface area contributed by atoms with Crippen molar-refractivity contribution in [1.82, 2.24) is 9.55 Å². The zero-order chi connectivity index (χ0) is 20.0. The summed E-state index contributed by atoms with van der Waals surface area (Å²) < 4.78 is 2.04. The van der Waals surface area contributed by atoms with E-state index in [4.69, 9.17) is 0 Å². The zero-order valence-electron chi connectivity index (χ0n) is 15.8. The van der Waals surface area contributed by atoms with E-state index in [9.17, 15) is 15.0 Å². The molecule has 2 aromatic carbocycles. The molecule has 2 aromatic heterocycles. The van der Waals surface area contributed by atoms with Gasteiger partial charge in [-0.1, -0.05) is 24.3 Å². The SMILES string of the molecule is O=c1nc(-c2cccc(O)c2)n(Cc2cccc(O)c2)c2sc3c(c12)CCCC3. The van der Waals surface area contributed by atoms with Crippen LogP contribution in [0.25, 0.3) is 21.6 Å². The van der Waals surface area contributed by atoms with Crippen LogP contribution in [0, 0.1) is 0 Å². The minimum atomic E-state index is -0.204. The van der Waals surface area contributed by atoms with Gasteiger partial charge in [0.15, 0.2) is 0 Å². The summed E-state index contributed by atoms with van der Waals surface area (Å²) in [4.78, 5) is 19.7. The van der Waals surface area contributed by atoms with Crippen molar-refractivity contribution >= 4 is 21.6 Å². The largest absolute Gasteiger partial charge is 0.508 e. The minimum absolute atomic E-state index is 0.131. The van der Waals surface area contributed by atoms with Crippen LogP contribution in [0.4, 0.5) is 0 Å². The number of phenolic OH excluding ortho intramolecular Hbond substituents is 2. The number of phenols is 2. The molecule has 2 heterocycles. The Labute approximate surface area is 171 Å². The highest BCUT2D eigenvalue weighted by Crippen LogP contribution is 2.36. The standard InChI is InChI=1S/C23H20N2O3S/c26-16-7-3-5-14(11-16)13-25-21(15-6-4-8-17(27)12-15)24-22(28)20-18-9-1-2-10-19(18)29-23(20)25/h3-8,11-12,26-27H,1-2,9-10,13H2. The van der Waals surface area contributed by atoms with Crippen LogP contribution in [-0.4, -0.2) is 19.8 Å². The monoisotopic (exact) mass is 404 g/mol. The van der Waals surface area contributed by atoms with Gasteiger partial charge in [-0.2, -0.15) is 4.98 Å². The Morgan fingerprint density at radius 3 is 2.55 bits per heavy atom. The average Bonchev–Trinajstić information content (AvgIpc) is 3.10. The van der Waals surface area contributed by atoms with Crippen LogP contribution in [0.3, 0.4) is 0 Å². The van der Waals surface area contributed by atoms with E-state index in [2.05, 4.69) is 4.98 Å². The zero-order valence-corrected chi connectivity index (χ0v) is 16.6. The van der Waals surface area contributed by atoms with E-state index < -0.39 is 0 Å². The second-order valence-electron chi connectivity index (χ2n) is 7.44. The van der Waals surface area contributed by atoms with E-state index in [1.165, 1.54) is 4.88 Å². The van der Waals surface area contributed by atoms with Crippen molar-refractivity contribution in [2.24, 2.45) is 0 Å². The highest BCUT2D eigenvalue weighted by Gasteiger charge is 2.23. The number of aryl methyl sites for hydroxylation is 2. The molecule has 1 aliphatic rings. The predicted molar refractivity (Wildman–Crippen MR) is 115 cm³/mol. The third kappa shape index (κ3) is 3.19. The van der Waals surface area contributed by atoms with Gasteiger partial charge in [0, 0.05) is 10.4 Å². The molecular formula is C23H20N2O3S. The summed E-state index contributed by atoms with van der Waals surface area (Å²) in [6.07, 6.45) is 4.16. The molecule has 4 aromatic rings. The summed E-state index contributed by atoms with van der Waals surface area (Å²) in [5.41, 5.74) is 2.56. The average molecular weight is 404 g/mol. The number of benzene rings is 2. The number of aromatic hydroxyl groups is 2. The molecule has 0 saturated carbocycles. The Kier molecular flexibility index (Phi) is 4.36. The quantitative estimate of drug-likeness (QED) is 0.529. The number of hydrogen-bond acceptors (Lipinski definition) is 5. The van der Waals surface area contributed by atoms with E-state index in [0.717, 1.165) is 47.0 Å². The first-order chi connectivity index (χ1) is 14.1. The predicted octanol–water partition coefficient (Wildman–Crippen LogP) is 4.46. The van der Waals surface area contributed by atoms with Crippen LogP contribution in [0.5, 0.6) is 11.5 Å². The molecule has 0 atom stereocenters. The minimum Gasteiger partial charge on any atom is -0.508 e. The van der Waals surface area contributed by atoms with Crippen molar-refractivity contribution in [1.29, 1.82) is 0 Å². The number of aromatic nitrogens is 2. The number of nitrogens with zero attached hydrogens (tertiary/aromatic N) is 2. The van der Waals surface area contributed by atoms with Gasteiger partial charge in [-0.05, 0) is 61.1 Å². The summed E-state index contributed by atoms with van der Waals surface area (Å²) in [7, 11) is 0. The van der Waals surface area contributed by atoms with Crippen LogP contribution in [0.1, 0.15) is 28.8 Å². The van der Waals surface area contributed by atoms with Gasteiger partial charge in [0.2, 0.25) is 0 Å². The van der Waals surface area contributed by atoms with Gasteiger partial charge in [-0.15, -0.1) is 11.3 Å². The highest BCUT2D eigenvalue weighted by atomic mass is 32.1. The van der Waals surface area contributed by atoms with Crippen LogP contribution in [-0.2, 0) is 19.4 Å². The molecule has 2 N–H and O–H groups in total. The Balaban J connectivity index is 1.80. The third-order valence-corrected chi connectivity index (χ3v) is 6.75. The Morgan fingerprint density at radius 1 is 1.00 bits per heavy atom. The lowest BCUT2D eigenvalue weighted by molar-refractivity contribution is 0.474. The van der Waals surface area contributed by atoms with Gasteiger partial charge in [0.25, 0.3) is 5.56 Å². The fourth-order valence-electron chi connectivity index (χ4n) is 4.12. The van der Waals surface area contributed by atoms with Gasteiger partial charge in [0.1, 0.15) is 22.2 Å². The maximum Gasteiger partial charge on any atom is 0.282 e.